The van der Waals surface area contributed by atoms with E-state index in [1.807, 2.05) is 50.1 Å². The summed E-state index contributed by atoms with van der Waals surface area (Å²) in [7, 11) is 1.91. The monoisotopic (exact) mass is 354 g/mol. The van der Waals surface area contributed by atoms with Crippen LogP contribution in [0.1, 0.15) is 16.7 Å². The maximum Gasteiger partial charge on any atom is 0.238 e. The Balaban J connectivity index is 1.54. The van der Waals surface area contributed by atoms with Gasteiger partial charge in [-0.3, -0.25) is 9.69 Å². The number of aryl methyl sites for hydroxylation is 3. The minimum atomic E-state index is -0.0921. The Labute approximate surface area is 154 Å². The summed E-state index contributed by atoms with van der Waals surface area (Å²) in [6.07, 6.45) is -0.0921. The molecule has 5 heteroatoms. The zero-order valence-corrected chi connectivity index (χ0v) is 15.8. The topological polar surface area (TPSA) is 50.8 Å². The SMILES string of the molecule is Cc1cc(C)c(NC(=O)CN(C)C[C@@H]2COc3ccccc3O2)c(C)c1. The van der Waals surface area contributed by atoms with Crippen LogP contribution in [0.2, 0.25) is 0 Å². The number of hydrogen-bond donors (Lipinski definition) is 1. The number of likely N-dealkylation sites (N-methyl/N-ethyl adjacent to an activating group) is 1. The van der Waals surface area contributed by atoms with Gasteiger partial charge in [0.2, 0.25) is 5.91 Å². The molecule has 0 fully saturated rings. The van der Waals surface area contributed by atoms with Crippen molar-refractivity contribution in [3.05, 3.63) is 53.1 Å². The van der Waals surface area contributed by atoms with Gasteiger partial charge in [0, 0.05) is 12.2 Å². The van der Waals surface area contributed by atoms with E-state index >= 15 is 0 Å². The molecule has 3 rings (SSSR count). The molecular formula is C21H26N2O3. The quantitative estimate of drug-likeness (QED) is 0.895. The number of nitrogens with one attached hydrogen (secondary N) is 1. The Morgan fingerprint density at radius 2 is 1.81 bits per heavy atom. The van der Waals surface area contributed by atoms with Crippen molar-refractivity contribution >= 4 is 11.6 Å². The van der Waals surface area contributed by atoms with E-state index in [0.717, 1.165) is 28.3 Å². The Morgan fingerprint density at radius 1 is 1.15 bits per heavy atom. The highest BCUT2D eigenvalue weighted by atomic mass is 16.6. The molecule has 1 aliphatic heterocycles. The van der Waals surface area contributed by atoms with E-state index in [0.29, 0.717) is 19.7 Å². The number of para-hydroxylation sites is 2. The van der Waals surface area contributed by atoms with E-state index in [2.05, 4.69) is 24.4 Å². The Kier molecular flexibility index (Phi) is 5.47. The summed E-state index contributed by atoms with van der Waals surface area (Å²) in [5.74, 6) is 1.50. The van der Waals surface area contributed by atoms with Gasteiger partial charge < -0.3 is 14.8 Å². The smallest absolute Gasteiger partial charge is 0.238 e. The van der Waals surface area contributed by atoms with Crippen molar-refractivity contribution in [2.45, 2.75) is 26.9 Å². The van der Waals surface area contributed by atoms with Crippen molar-refractivity contribution in [1.82, 2.24) is 4.90 Å². The van der Waals surface area contributed by atoms with Crippen LogP contribution in [0, 0.1) is 20.8 Å². The molecule has 0 bridgehead atoms. The van der Waals surface area contributed by atoms with Crippen molar-refractivity contribution in [1.29, 1.82) is 0 Å². The van der Waals surface area contributed by atoms with Crippen molar-refractivity contribution in [2.75, 3.05) is 32.1 Å². The average Bonchev–Trinajstić information content (AvgIpc) is 2.58. The van der Waals surface area contributed by atoms with E-state index in [1.165, 1.54) is 5.56 Å². The molecule has 1 atom stereocenters. The number of benzene rings is 2. The average molecular weight is 354 g/mol. The van der Waals surface area contributed by atoms with E-state index < -0.39 is 0 Å². The summed E-state index contributed by atoms with van der Waals surface area (Å²) in [5.41, 5.74) is 4.27. The molecule has 0 aliphatic carbocycles. The fourth-order valence-electron chi connectivity index (χ4n) is 3.37. The van der Waals surface area contributed by atoms with Gasteiger partial charge in [-0.05, 0) is 51.1 Å². The zero-order chi connectivity index (χ0) is 18.7. The molecule has 26 heavy (non-hydrogen) atoms. The van der Waals surface area contributed by atoms with Crippen LogP contribution in [-0.4, -0.2) is 43.7 Å². The second-order valence-corrected chi connectivity index (χ2v) is 7.02. The molecule has 1 N–H and O–H groups in total. The minimum absolute atomic E-state index is 0.0281. The maximum absolute atomic E-state index is 12.4. The fourth-order valence-corrected chi connectivity index (χ4v) is 3.37. The molecule has 1 aliphatic rings. The molecule has 0 saturated carbocycles. The minimum Gasteiger partial charge on any atom is -0.486 e. The Hall–Kier alpha value is -2.53. The van der Waals surface area contributed by atoms with Crippen LogP contribution in [0.5, 0.6) is 11.5 Å². The van der Waals surface area contributed by atoms with E-state index in [9.17, 15) is 4.79 Å². The summed E-state index contributed by atoms with van der Waals surface area (Å²) >= 11 is 0. The van der Waals surface area contributed by atoms with Crippen molar-refractivity contribution in [3.8, 4) is 11.5 Å². The molecule has 2 aromatic rings. The first-order valence-electron chi connectivity index (χ1n) is 8.87. The predicted octanol–water partition coefficient (Wildman–Crippen LogP) is 3.32. The molecule has 138 valence electrons. The normalized spacial score (nSPS) is 15.8. The third-order valence-electron chi connectivity index (χ3n) is 4.44. The van der Waals surface area contributed by atoms with E-state index in [4.69, 9.17) is 9.47 Å². The van der Waals surface area contributed by atoms with Crippen LogP contribution in [-0.2, 0) is 4.79 Å². The van der Waals surface area contributed by atoms with Gasteiger partial charge in [0.05, 0.1) is 6.54 Å². The molecule has 0 radical (unpaired) electrons. The molecule has 0 aromatic heterocycles. The summed E-state index contributed by atoms with van der Waals surface area (Å²) in [6, 6.07) is 11.8. The van der Waals surface area contributed by atoms with Gasteiger partial charge >= 0.3 is 0 Å². The molecule has 0 spiro atoms. The number of anilines is 1. The van der Waals surface area contributed by atoms with Gasteiger partial charge in [0.25, 0.3) is 0 Å². The summed E-state index contributed by atoms with van der Waals surface area (Å²) < 4.78 is 11.7. The largest absolute Gasteiger partial charge is 0.486 e. The zero-order valence-electron chi connectivity index (χ0n) is 15.8. The summed E-state index contributed by atoms with van der Waals surface area (Å²) in [6.45, 7) is 7.50. The van der Waals surface area contributed by atoms with Gasteiger partial charge in [-0.25, -0.2) is 0 Å². The van der Waals surface area contributed by atoms with Crippen molar-refractivity contribution < 1.29 is 14.3 Å². The third-order valence-corrected chi connectivity index (χ3v) is 4.44. The lowest BCUT2D eigenvalue weighted by molar-refractivity contribution is -0.117. The number of hydrogen-bond acceptors (Lipinski definition) is 4. The second-order valence-electron chi connectivity index (χ2n) is 7.02. The van der Waals surface area contributed by atoms with E-state index in [1.54, 1.807) is 0 Å². The standard InChI is InChI=1S/C21H26N2O3/c1-14-9-15(2)21(16(3)10-14)22-20(24)12-23(4)11-17-13-25-18-7-5-6-8-19(18)26-17/h5-10,17H,11-13H2,1-4H3,(H,22,24)/t17-/m1/s1. The highest BCUT2D eigenvalue weighted by molar-refractivity contribution is 5.93. The number of ether oxygens (including phenoxy) is 2. The highest BCUT2D eigenvalue weighted by Crippen LogP contribution is 2.31. The number of nitrogens with zero attached hydrogens (tertiary/aromatic N) is 1. The molecule has 2 aromatic carbocycles. The van der Waals surface area contributed by atoms with E-state index in [-0.39, 0.29) is 12.0 Å². The van der Waals surface area contributed by atoms with Crippen molar-refractivity contribution in [2.24, 2.45) is 0 Å². The van der Waals surface area contributed by atoms with Gasteiger partial charge in [-0.2, -0.15) is 0 Å². The van der Waals surface area contributed by atoms with Gasteiger partial charge in [0.1, 0.15) is 12.7 Å². The number of carbonyl (C=O) groups excluding carboxylic acids is 1. The third kappa shape index (κ3) is 4.35. The fraction of sp³-hybridized carbons (Fsp3) is 0.381. The lowest BCUT2D eigenvalue weighted by Crippen LogP contribution is -2.42. The molecule has 5 nitrogen and oxygen atoms in total. The molecule has 1 amide bonds. The second kappa shape index (κ2) is 7.79. The predicted molar refractivity (Wildman–Crippen MR) is 103 cm³/mol. The first kappa shape index (κ1) is 18.3. The van der Waals surface area contributed by atoms with Crippen LogP contribution >= 0.6 is 0 Å². The highest BCUT2D eigenvalue weighted by Gasteiger charge is 2.22. The molecule has 1 heterocycles. The van der Waals surface area contributed by atoms with Gasteiger partial charge in [-0.15, -0.1) is 0 Å². The van der Waals surface area contributed by atoms with Crippen LogP contribution in [0.25, 0.3) is 0 Å². The lowest BCUT2D eigenvalue weighted by Gasteiger charge is -2.29. The maximum atomic E-state index is 12.4. The van der Waals surface area contributed by atoms with Crippen LogP contribution < -0.4 is 14.8 Å². The molecule has 0 saturated heterocycles. The molecular weight excluding hydrogens is 328 g/mol. The number of fused-ring (bicyclic) bond motifs is 1. The number of amides is 1. The van der Waals surface area contributed by atoms with Crippen molar-refractivity contribution in [3.63, 3.8) is 0 Å². The van der Waals surface area contributed by atoms with Crippen LogP contribution in [0.3, 0.4) is 0 Å². The Bertz CT molecular complexity index is 781. The van der Waals surface area contributed by atoms with Gasteiger partial charge in [-0.1, -0.05) is 29.8 Å². The first-order chi connectivity index (χ1) is 12.4. The number of rotatable bonds is 5. The lowest BCUT2D eigenvalue weighted by atomic mass is 10.1. The first-order valence-corrected chi connectivity index (χ1v) is 8.87. The van der Waals surface area contributed by atoms with Crippen LogP contribution in [0.4, 0.5) is 5.69 Å². The Morgan fingerprint density at radius 3 is 2.50 bits per heavy atom. The summed E-state index contributed by atoms with van der Waals surface area (Å²) in [4.78, 5) is 14.4. The molecule has 0 unspecified atom stereocenters. The number of carbonyl (C=O) groups is 1. The van der Waals surface area contributed by atoms with Crippen LogP contribution in [0.15, 0.2) is 36.4 Å². The summed E-state index contributed by atoms with van der Waals surface area (Å²) in [5, 5.41) is 3.04. The van der Waals surface area contributed by atoms with Gasteiger partial charge in [0.15, 0.2) is 11.5 Å².